The minimum absolute atomic E-state index is 0.265. The van der Waals surface area contributed by atoms with Crippen molar-refractivity contribution in [3.63, 3.8) is 0 Å². The second kappa shape index (κ2) is 3.92. The first kappa shape index (κ1) is 8.80. The van der Waals surface area contributed by atoms with Crippen LogP contribution in [0, 0.1) is 0 Å². The van der Waals surface area contributed by atoms with E-state index in [1.807, 2.05) is 0 Å². The molecule has 0 aliphatic heterocycles. The monoisotopic (exact) mass is 169 g/mol. The van der Waals surface area contributed by atoms with E-state index in [0.29, 0.717) is 6.54 Å². The van der Waals surface area contributed by atoms with Crippen molar-refractivity contribution < 1.29 is 14.3 Å². The van der Waals surface area contributed by atoms with E-state index in [1.54, 1.807) is 19.1 Å². The molecule has 66 valence electrons. The van der Waals surface area contributed by atoms with Crippen LogP contribution in [-0.4, -0.2) is 17.6 Å². The van der Waals surface area contributed by atoms with Gasteiger partial charge < -0.3 is 14.8 Å². The lowest BCUT2D eigenvalue weighted by Gasteiger charge is -2.06. The third-order valence-corrected chi connectivity index (χ3v) is 1.41. The quantitative estimate of drug-likeness (QED) is 0.690. The number of carbonyl (C=O) groups excluding carboxylic acids is 1. The molecule has 2 N–H and O–H groups in total. The van der Waals surface area contributed by atoms with E-state index in [1.165, 1.54) is 6.26 Å². The van der Waals surface area contributed by atoms with E-state index >= 15 is 0 Å². The molecule has 12 heavy (non-hydrogen) atoms. The van der Waals surface area contributed by atoms with Crippen molar-refractivity contribution in [1.29, 1.82) is 0 Å². The van der Waals surface area contributed by atoms with Gasteiger partial charge in [0.05, 0.1) is 6.26 Å². The fourth-order valence-electron chi connectivity index (χ4n) is 0.847. The highest BCUT2D eigenvalue weighted by atomic mass is 16.4. The van der Waals surface area contributed by atoms with Gasteiger partial charge in [-0.25, -0.2) is 0 Å². The number of hydrogen-bond acceptors (Lipinski definition) is 3. The Labute approximate surface area is 70.2 Å². The second-order valence-corrected chi connectivity index (χ2v) is 2.31. The van der Waals surface area contributed by atoms with Crippen molar-refractivity contribution in [2.45, 2.75) is 13.0 Å². The summed E-state index contributed by atoms with van der Waals surface area (Å²) in [7, 11) is 0. The normalized spacial score (nSPS) is 12.5. The first-order valence-corrected chi connectivity index (χ1v) is 3.75. The van der Waals surface area contributed by atoms with Crippen molar-refractivity contribution in [1.82, 2.24) is 5.32 Å². The maximum atomic E-state index is 11.0. The summed E-state index contributed by atoms with van der Waals surface area (Å²) < 4.78 is 4.85. The molecule has 0 radical (unpaired) electrons. The fraction of sp³-hybridized carbons (Fsp3) is 0.375. The molecule has 0 fully saturated rings. The van der Waals surface area contributed by atoms with Gasteiger partial charge in [-0.2, -0.15) is 0 Å². The molecule has 0 saturated heterocycles. The highest BCUT2D eigenvalue weighted by Gasteiger charge is 2.18. The summed E-state index contributed by atoms with van der Waals surface area (Å²) in [6.07, 6.45) is 0.220. The smallest absolute Gasteiger partial charge is 0.256 e. The minimum atomic E-state index is -1.19. The van der Waals surface area contributed by atoms with Gasteiger partial charge in [-0.15, -0.1) is 0 Å². The van der Waals surface area contributed by atoms with Crippen LogP contribution < -0.4 is 5.32 Å². The van der Waals surface area contributed by atoms with Crippen LogP contribution in [0.4, 0.5) is 0 Å². The Bertz CT molecular complexity index is 243. The molecule has 1 rings (SSSR count). The second-order valence-electron chi connectivity index (χ2n) is 2.31. The van der Waals surface area contributed by atoms with Crippen LogP contribution in [0.1, 0.15) is 18.8 Å². The van der Waals surface area contributed by atoms with E-state index in [4.69, 9.17) is 4.42 Å². The first-order chi connectivity index (χ1) is 5.75. The molecular weight excluding hydrogens is 158 g/mol. The van der Waals surface area contributed by atoms with E-state index in [-0.39, 0.29) is 5.76 Å². The first-order valence-electron chi connectivity index (χ1n) is 3.75. The Kier molecular flexibility index (Phi) is 2.88. The van der Waals surface area contributed by atoms with E-state index in [9.17, 15) is 9.90 Å². The number of hydrogen-bond donors (Lipinski definition) is 2. The summed E-state index contributed by atoms with van der Waals surface area (Å²) in [5.41, 5.74) is 0. The molecule has 0 aliphatic carbocycles. The maximum Gasteiger partial charge on any atom is 0.256 e. The van der Waals surface area contributed by atoms with Crippen molar-refractivity contribution in [2.75, 3.05) is 6.54 Å². The highest BCUT2D eigenvalue weighted by molar-refractivity contribution is 5.81. The molecule has 4 nitrogen and oxygen atoms in total. The molecule has 0 bridgehead atoms. The van der Waals surface area contributed by atoms with Crippen LogP contribution in [0.15, 0.2) is 22.8 Å². The van der Waals surface area contributed by atoms with Gasteiger partial charge in [0.25, 0.3) is 5.91 Å². The van der Waals surface area contributed by atoms with Crippen LogP contribution in [0.2, 0.25) is 0 Å². The van der Waals surface area contributed by atoms with Gasteiger partial charge in [0, 0.05) is 6.54 Å². The SMILES string of the molecule is CCNC(=O)C(O)c1ccco1. The van der Waals surface area contributed by atoms with Gasteiger partial charge in [-0.05, 0) is 19.1 Å². The van der Waals surface area contributed by atoms with Gasteiger partial charge in [0.15, 0.2) is 6.10 Å². The molecule has 1 aromatic heterocycles. The van der Waals surface area contributed by atoms with Crippen molar-refractivity contribution in [2.24, 2.45) is 0 Å². The number of amides is 1. The summed E-state index contributed by atoms with van der Waals surface area (Å²) >= 11 is 0. The van der Waals surface area contributed by atoms with E-state index in [2.05, 4.69) is 5.32 Å². The highest BCUT2D eigenvalue weighted by Crippen LogP contribution is 2.12. The number of aliphatic hydroxyl groups is 1. The van der Waals surface area contributed by atoms with Crippen LogP contribution >= 0.6 is 0 Å². The van der Waals surface area contributed by atoms with Crippen molar-refractivity contribution in [3.8, 4) is 0 Å². The van der Waals surface area contributed by atoms with Gasteiger partial charge in [0.2, 0.25) is 0 Å². The molecule has 1 unspecified atom stereocenters. The number of aliphatic hydroxyl groups excluding tert-OH is 1. The van der Waals surface area contributed by atoms with E-state index < -0.39 is 12.0 Å². The largest absolute Gasteiger partial charge is 0.466 e. The molecule has 0 saturated carbocycles. The lowest BCUT2D eigenvalue weighted by Crippen LogP contribution is -2.28. The average Bonchev–Trinajstić information content (AvgIpc) is 2.55. The molecule has 1 amide bonds. The third kappa shape index (κ3) is 1.85. The van der Waals surface area contributed by atoms with Gasteiger partial charge in [-0.1, -0.05) is 0 Å². The number of likely N-dealkylation sites (N-methyl/N-ethyl adjacent to an activating group) is 1. The molecule has 0 aromatic carbocycles. The Morgan fingerprint density at radius 2 is 2.58 bits per heavy atom. The fourth-order valence-corrected chi connectivity index (χ4v) is 0.847. The van der Waals surface area contributed by atoms with Gasteiger partial charge in [0.1, 0.15) is 5.76 Å². The molecule has 1 heterocycles. The standard InChI is InChI=1S/C8H11NO3/c1-2-9-8(11)7(10)6-4-3-5-12-6/h3-5,7,10H,2H2,1H3,(H,9,11). The number of rotatable bonds is 3. The van der Waals surface area contributed by atoms with Gasteiger partial charge in [-0.3, -0.25) is 4.79 Å². The predicted molar refractivity (Wildman–Crippen MR) is 42.4 cm³/mol. The topological polar surface area (TPSA) is 62.5 Å². The number of furan rings is 1. The maximum absolute atomic E-state index is 11.0. The minimum Gasteiger partial charge on any atom is -0.466 e. The van der Waals surface area contributed by atoms with Crippen LogP contribution in [0.25, 0.3) is 0 Å². The summed E-state index contributed by atoms with van der Waals surface area (Å²) in [6.45, 7) is 2.28. The summed E-state index contributed by atoms with van der Waals surface area (Å²) in [5, 5.41) is 11.8. The Hall–Kier alpha value is -1.29. The zero-order chi connectivity index (χ0) is 8.97. The summed E-state index contributed by atoms with van der Waals surface area (Å²) in [6, 6.07) is 3.18. The van der Waals surface area contributed by atoms with Gasteiger partial charge >= 0.3 is 0 Å². The van der Waals surface area contributed by atoms with Crippen molar-refractivity contribution >= 4 is 5.91 Å². The predicted octanol–water partition coefficient (Wildman–Crippen LogP) is 0.449. The zero-order valence-corrected chi connectivity index (χ0v) is 6.78. The lowest BCUT2D eigenvalue weighted by atomic mass is 10.2. The number of carbonyl (C=O) groups is 1. The van der Waals surface area contributed by atoms with Crippen LogP contribution in [0.5, 0.6) is 0 Å². The molecule has 1 aromatic rings. The molecular formula is C8H11NO3. The Morgan fingerprint density at radius 3 is 3.08 bits per heavy atom. The molecule has 0 spiro atoms. The van der Waals surface area contributed by atoms with Crippen molar-refractivity contribution in [3.05, 3.63) is 24.2 Å². The summed E-state index contributed by atoms with van der Waals surface area (Å²) in [5.74, 6) is -0.173. The zero-order valence-electron chi connectivity index (χ0n) is 6.78. The van der Waals surface area contributed by atoms with Crippen LogP contribution in [-0.2, 0) is 4.79 Å². The Morgan fingerprint density at radius 1 is 1.83 bits per heavy atom. The Balaban J connectivity index is 2.59. The molecule has 0 aliphatic rings. The summed E-state index contributed by atoms with van der Waals surface area (Å²) in [4.78, 5) is 11.0. The lowest BCUT2D eigenvalue weighted by molar-refractivity contribution is -0.130. The number of nitrogens with one attached hydrogen (secondary N) is 1. The third-order valence-electron chi connectivity index (χ3n) is 1.41. The van der Waals surface area contributed by atoms with Crippen LogP contribution in [0.3, 0.4) is 0 Å². The molecule has 1 atom stereocenters. The average molecular weight is 169 g/mol. The molecule has 4 heteroatoms. The van der Waals surface area contributed by atoms with E-state index in [0.717, 1.165) is 0 Å².